The van der Waals surface area contributed by atoms with Gasteiger partial charge in [0.05, 0.1) is 17.3 Å². The molecule has 0 fully saturated rings. The highest BCUT2D eigenvalue weighted by Gasteiger charge is 2.19. The van der Waals surface area contributed by atoms with Crippen LogP contribution < -0.4 is 5.32 Å². The van der Waals surface area contributed by atoms with E-state index in [0.717, 1.165) is 32.6 Å². The molecule has 160 valence electrons. The van der Waals surface area contributed by atoms with E-state index in [1.165, 1.54) is 17.3 Å². The summed E-state index contributed by atoms with van der Waals surface area (Å²) < 4.78 is 2.02. The predicted molar refractivity (Wildman–Crippen MR) is 131 cm³/mol. The van der Waals surface area contributed by atoms with Gasteiger partial charge in [0.15, 0.2) is 10.8 Å². The largest absolute Gasteiger partial charge is 0.344 e. The van der Waals surface area contributed by atoms with Crippen LogP contribution in [0.5, 0.6) is 0 Å². The quantitative estimate of drug-likeness (QED) is 0.339. The molecule has 5 rings (SSSR count). The zero-order valence-corrected chi connectivity index (χ0v) is 19.4. The Bertz CT molecular complexity index is 1390. The molecule has 0 aliphatic carbocycles. The zero-order chi connectivity index (χ0) is 22.1. The first-order chi connectivity index (χ1) is 15.6. The number of para-hydroxylation sites is 1. The lowest BCUT2D eigenvalue weighted by atomic mass is 10.0. The number of hydrogen-bond donors (Lipinski definition) is 1. The Labute approximate surface area is 194 Å². The lowest BCUT2D eigenvalue weighted by Crippen LogP contribution is -2.30. The summed E-state index contributed by atoms with van der Waals surface area (Å²) in [6.45, 7) is 4.14. The Kier molecular flexibility index (Phi) is 5.68. The van der Waals surface area contributed by atoms with Crippen molar-refractivity contribution in [2.24, 2.45) is 0 Å². The summed E-state index contributed by atoms with van der Waals surface area (Å²) in [6.07, 6.45) is 0. The van der Waals surface area contributed by atoms with E-state index in [1.807, 2.05) is 34.0 Å². The van der Waals surface area contributed by atoms with Crippen LogP contribution in [-0.2, 0) is 4.79 Å². The lowest BCUT2D eigenvalue weighted by molar-refractivity contribution is -0.119. The molecule has 0 radical (unpaired) electrons. The van der Waals surface area contributed by atoms with Crippen molar-refractivity contribution in [1.82, 2.24) is 19.9 Å². The van der Waals surface area contributed by atoms with Crippen molar-refractivity contribution in [3.63, 3.8) is 0 Å². The van der Waals surface area contributed by atoms with Crippen LogP contribution in [0.15, 0.2) is 77.3 Å². The first-order valence-corrected chi connectivity index (χ1v) is 12.2. The molecule has 1 N–H and O–H groups in total. The van der Waals surface area contributed by atoms with Crippen LogP contribution in [0.4, 0.5) is 0 Å². The number of aryl methyl sites for hydroxylation is 2. The van der Waals surface area contributed by atoms with Crippen molar-refractivity contribution in [1.29, 1.82) is 0 Å². The fraction of sp³-hybridized carbons (Fsp3) is 0.160. The maximum atomic E-state index is 13.0. The second kappa shape index (κ2) is 8.76. The van der Waals surface area contributed by atoms with Gasteiger partial charge in [-0.15, -0.1) is 21.5 Å². The van der Waals surface area contributed by atoms with Crippen LogP contribution in [0.2, 0.25) is 0 Å². The van der Waals surface area contributed by atoms with E-state index in [0.29, 0.717) is 5.16 Å². The van der Waals surface area contributed by atoms with E-state index >= 15 is 0 Å². The zero-order valence-electron chi connectivity index (χ0n) is 17.8. The van der Waals surface area contributed by atoms with Crippen molar-refractivity contribution in [2.75, 3.05) is 5.75 Å². The van der Waals surface area contributed by atoms with Gasteiger partial charge >= 0.3 is 0 Å². The Balaban J connectivity index is 1.38. The van der Waals surface area contributed by atoms with E-state index < -0.39 is 0 Å². The maximum absolute atomic E-state index is 13.0. The number of carbonyl (C=O) groups is 1. The van der Waals surface area contributed by atoms with E-state index in [2.05, 4.69) is 71.8 Å². The molecule has 0 saturated heterocycles. The highest BCUT2D eigenvalue weighted by molar-refractivity contribution is 7.99. The summed E-state index contributed by atoms with van der Waals surface area (Å²) in [4.78, 5) is 14.1. The van der Waals surface area contributed by atoms with Gasteiger partial charge in [0.2, 0.25) is 5.91 Å². The van der Waals surface area contributed by atoms with E-state index in [9.17, 15) is 4.79 Å². The first kappa shape index (κ1) is 20.7. The molecule has 1 atom stereocenters. The third kappa shape index (κ3) is 4.01. The summed E-state index contributed by atoms with van der Waals surface area (Å²) in [5.74, 6) is 0.221. The van der Waals surface area contributed by atoms with Crippen molar-refractivity contribution < 1.29 is 4.79 Å². The van der Waals surface area contributed by atoms with Gasteiger partial charge in [0.25, 0.3) is 0 Å². The lowest BCUT2D eigenvalue weighted by Gasteiger charge is -2.18. The number of nitrogens with one attached hydrogen (secondary N) is 1. The van der Waals surface area contributed by atoms with E-state index in [-0.39, 0.29) is 17.7 Å². The number of nitrogens with zero attached hydrogens (tertiary/aromatic N) is 3. The van der Waals surface area contributed by atoms with E-state index in [1.54, 1.807) is 11.3 Å². The summed E-state index contributed by atoms with van der Waals surface area (Å²) in [7, 11) is 0. The number of rotatable bonds is 6. The molecule has 1 unspecified atom stereocenters. The minimum Gasteiger partial charge on any atom is -0.344 e. The predicted octanol–water partition coefficient (Wildman–Crippen LogP) is 5.56. The number of aromatic nitrogens is 3. The van der Waals surface area contributed by atoms with Gasteiger partial charge in [-0.2, -0.15) is 0 Å². The monoisotopic (exact) mass is 458 g/mol. The number of benzene rings is 2. The van der Waals surface area contributed by atoms with Gasteiger partial charge in [-0.25, -0.2) is 0 Å². The number of pyridine rings is 1. The highest BCUT2D eigenvalue weighted by atomic mass is 32.2. The van der Waals surface area contributed by atoms with Gasteiger partial charge in [-0.1, -0.05) is 65.9 Å². The minimum atomic E-state index is -0.165. The number of carbonyl (C=O) groups excluding carboxylic acids is 1. The third-order valence-electron chi connectivity index (χ3n) is 5.45. The third-order valence-corrected chi connectivity index (χ3v) is 7.32. The van der Waals surface area contributed by atoms with Gasteiger partial charge in [0.1, 0.15) is 0 Å². The molecule has 2 aromatic carbocycles. The average Bonchev–Trinajstić information content (AvgIpc) is 3.47. The Hall–Kier alpha value is -3.16. The van der Waals surface area contributed by atoms with Gasteiger partial charge in [-0.3, -0.25) is 9.20 Å². The molecule has 0 bridgehead atoms. The van der Waals surface area contributed by atoms with Crippen molar-refractivity contribution in [3.05, 3.63) is 93.7 Å². The second-order valence-corrected chi connectivity index (χ2v) is 9.66. The molecular formula is C25H22N4OS2. The normalized spacial score (nSPS) is 12.3. The van der Waals surface area contributed by atoms with Crippen molar-refractivity contribution in [3.8, 4) is 0 Å². The smallest absolute Gasteiger partial charge is 0.231 e. The SMILES string of the molecule is Cc1ccc(C(NC(=O)CSc2nnc3cc(C)c4ccccc4n23)c2cccs2)cc1. The standard InChI is InChI=1S/C25H22N4OS2/c1-16-9-11-18(12-10-16)24(21-8-5-13-31-21)26-23(30)15-32-25-28-27-22-14-17(2)19-6-3-4-7-20(19)29(22)25/h3-14,24H,15H2,1-2H3,(H,26,30). The molecule has 0 saturated carbocycles. The molecule has 3 heterocycles. The average molecular weight is 459 g/mol. The second-order valence-electron chi connectivity index (χ2n) is 7.74. The van der Waals surface area contributed by atoms with Crippen LogP contribution >= 0.6 is 23.1 Å². The molecule has 0 spiro atoms. The number of thioether (sulfide) groups is 1. The Morgan fingerprint density at radius 2 is 1.88 bits per heavy atom. The minimum absolute atomic E-state index is 0.0397. The van der Waals surface area contributed by atoms with Gasteiger partial charge in [0, 0.05) is 10.3 Å². The van der Waals surface area contributed by atoms with Crippen LogP contribution in [0.3, 0.4) is 0 Å². The summed E-state index contributed by atoms with van der Waals surface area (Å²) in [5.41, 5.74) is 5.27. The first-order valence-electron chi connectivity index (χ1n) is 10.4. The number of amides is 1. The molecule has 7 heteroatoms. The van der Waals surface area contributed by atoms with Gasteiger partial charge in [-0.05, 0) is 48.6 Å². The number of fused-ring (bicyclic) bond motifs is 3. The fourth-order valence-electron chi connectivity index (χ4n) is 3.83. The van der Waals surface area contributed by atoms with E-state index in [4.69, 9.17) is 0 Å². The van der Waals surface area contributed by atoms with Crippen LogP contribution in [0.25, 0.3) is 16.6 Å². The molecule has 0 aliphatic rings. The number of hydrogen-bond acceptors (Lipinski definition) is 5. The molecule has 5 aromatic rings. The molecule has 32 heavy (non-hydrogen) atoms. The highest BCUT2D eigenvalue weighted by Crippen LogP contribution is 2.28. The number of thiophene rings is 1. The summed E-state index contributed by atoms with van der Waals surface area (Å²) in [6, 6.07) is 22.4. The molecule has 5 nitrogen and oxygen atoms in total. The molecular weight excluding hydrogens is 436 g/mol. The van der Waals surface area contributed by atoms with Gasteiger partial charge < -0.3 is 5.32 Å². The fourth-order valence-corrected chi connectivity index (χ4v) is 5.40. The van der Waals surface area contributed by atoms with Crippen molar-refractivity contribution >= 4 is 45.6 Å². The van der Waals surface area contributed by atoms with Crippen LogP contribution in [-0.4, -0.2) is 26.3 Å². The van der Waals surface area contributed by atoms with Crippen LogP contribution in [0.1, 0.15) is 27.6 Å². The summed E-state index contributed by atoms with van der Waals surface area (Å²) in [5, 5.41) is 15.8. The molecule has 0 aliphatic heterocycles. The Morgan fingerprint density at radius 3 is 2.66 bits per heavy atom. The molecule has 1 amide bonds. The molecule has 3 aromatic heterocycles. The topological polar surface area (TPSA) is 59.3 Å². The summed E-state index contributed by atoms with van der Waals surface area (Å²) >= 11 is 3.05. The Morgan fingerprint density at radius 1 is 1.06 bits per heavy atom. The maximum Gasteiger partial charge on any atom is 0.231 e. The van der Waals surface area contributed by atoms with Crippen LogP contribution in [0, 0.1) is 13.8 Å². The van der Waals surface area contributed by atoms with Crippen molar-refractivity contribution in [2.45, 2.75) is 25.0 Å².